The summed E-state index contributed by atoms with van der Waals surface area (Å²) in [6.45, 7) is 5.43. The normalized spacial score (nSPS) is 13.8. The number of rotatable bonds is 46. The zero-order chi connectivity index (χ0) is 42.7. The van der Waals surface area contributed by atoms with Crippen LogP contribution in [0, 0.1) is 0 Å². The van der Waals surface area contributed by atoms with Gasteiger partial charge in [0, 0.05) is 13.0 Å². The van der Waals surface area contributed by atoms with E-state index in [0.717, 1.165) is 44.9 Å². The van der Waals surface area contributed by atoms with Crippen molar-refractivity contribution >= 4 is 13.8 Å². The maximum Gasteiger partial charge on any atom is 0.306 e. The number of phosphoric acid groups is 1. The second kappa shape index (κ2) is 42.7. The molecule has 0 rings (SSSR count). The monoisotopic (exact) mass is 842 g/mol. The van der Waals surface area contributed by atoms with E-state index in [1.807, 2.05) is 21.1 Å². The molecule has 344 valence electrons. The van der Waals surface area contributed by atoms with Gasteiger partial charge in [0.1, 0.15) is 19.3 Å². The number of carbonyl (C=O) groups excluding carboxylic acids is 1. The molecule has 9 heteroatoms. The summed E-state index contributed by atoms with van der Waals surface area (Å²) < 4.78 is 34.7. The van der Waals surface area contributed by atoms with E-state index in [2.05, 4.69) is 38.2 Å². The number of hydrogen-bond acceptors (Lipinski definition) is 7. The Hall–Kier alpha value is -1.02. The Bertz CT molecular complexity index is 983. The molecule has 0 saturated carbocycles. The molecule has 0 saturated heterocycles. The highest BCUT2D eigenvalue weighted by Gasteiger charge is 2.20. The molecule has 0 spiro atoms. The first-order valence-corrected chi connectivity index (χ1v) is 26.0. The Kier molecular flexibility index (Phi) is 41.9. The van der Waals surface area contributed by atoms with Gasteiger partial charge in [-0.1, -0.05) is 179 Å². The molecular formula is C49H96NO7P. The zero-order valence-electron chi connectivity index (χ0n) is 39.0. The van der Waals surface area contributed by atoms with Crippen LogP contribution in [0.4, 0.5) is 0 Å². The van der Waals surface area contributed by atoms with Crippen molar-refractivity contribution < 1.29 is 37.3 Å². The highest BCUT2D eigenvalue weighted by molar-refractivity contribution is 7.45. The number of nitrogens with zero attached hydrogens (tertiary/aromatic N) is 1. The first-order valence-electron chi connectivity index (χ1n) is 24.6. The number of esters is 1. The summed E-state index contributed by atoms with van der Waals surface area (Å²) in [6.07, 6.45) is 49.1. The summed E-state index contributed by atoms with van der Waals surface area (Å²) in [5.41, 5.74) is 0. The highest BCUT2D eigenvalue weighted by atomic mass is 31.2. The third kappa shape index (κ3) is 46.1. The van der Waals surface area contributed by atoms with E-state index in [-0.39, 0.29) is 25.8 Å². The SMILES string of the molecule is CCCCCCCC/C=C\CCCCCCCCCCCCOCC(COP(=O)([O-])OCC[N+](C)(C)C)OC(=O)CCCCCCC/C=C\CCCCCCCCC. The van der Waals surface area contributed by atoms with Crippen LogP contribution in [0.2, 0.25) is 0 Å². The lowest BCUT2D eigenvalue weighted by Gasteiger charge is -2.28. The zero-order valence-corrected chi connectivity index (χ0v) is 39.9. The molecule has 2 unspecified atom stereocenters. The Labute approximate surface area is 360 Å². The van der Waals surface area contributed by atoms with E-state index >= 15 is 0 Å². The van der Waals surface area contributed by atoms with Crippen LogP contribution in [0.15, 0.2) is 24.3 Å². The molecule has 0 aliphatic carbocycles. The second-order valence-corrected chi connectivity index (χ2v) is 19.2. The van der Waals surface area contributed by atoms with Gasteiger partial charge >= 0.3 is 5.97 Å². The van der Waals surface area contributed by atoms with Gasteiger partial charge in [0.2, 0.25) is 0 Å². The molecule has 0 aromatic heterocycles. The molecule has 0 fully saturated rings. The van der Waals surface area contributed by atoms with E-state index in [1.54, 1.807) is 0 Å². The van der Waals surface area contributed by atoms with Crippen LogP contribution in [0.1, 0.15) is 226 Å². The summed E-state index contributed by atoms with van der Waals surface area (Å²) in [7, 11) is 1.36. The predicted molar refractivity (Wildman–Crippen MR) is 245 cm³/mol. The van der Waals surface area contributed by atoms with Crippen LogP contribution < -0.4 is 4.89 Å². The van der Waals surface area contributed by atoms with Gasteiger partial charge in [-0.15, -0.1) is 0 Å². The van der Waals surface area contributed by atoms with Crippen molar-refractivity contribution in [1.82, 2.24) is 0 Å². The Morgan fingerprint density at radius 3 is 1.31 bits per heavy atom. The van der Waals surface area contributed by atoms with Crippen LogP contribution in [0.25, 0.3) is 0 Å². The maximum atomic E-state index is 12.7. The van der Waals surface area contributed by atoms with Crippen LogP contribution in [-0.4, -0.2) is 70.7 Å². The molecule has 8 nitrogen and oxygen atoms in total. The van der Waals surface area contributed by atoms with Crippen LogP contribution in [0.3, 0.4) is 0 Å². The highest BCUT2D eigenvalue weighted by Crippen LogP contribution is 2.38. The lowest BCUT2D eigenvalue weighted by Crippen LogP contribution is -2.37. The van der Waals surface area contributed by atoms with Gasteiger partial charge in [-0.2, -0.15) is 0 Å². The lowest BCUT2D eigenvalue weighted by atomic mass is 10.1. The van der Waals surface area contributed by atoms with E-state index in [1.165, 1.54) is 161 Å². The van der Waals surface area contributed by atoms with Crippen LogP contribution in [0.5, 0.6) is 0 Å². The van der Waals surface area contributed by atoms with E-state index < -0.39 is 13.9 Å². The minimum atomic E-state index is -4.53. The standard InChI is InChI=1S/C49H96NO7P/c1-6-8-10-12-14-16-18-20-22-24-25-26-27-29-31-33-35-37-39-41-44-54-46-48(47-56-58(52,53)55-45-43-50(3,4)5)57-49(51)42-40-38-36-34-32-30-28-23-21-19-17-15-13-11-9-7-2/h20,22-23,28,48H,6-19,21,24-27,29-47H2,1-5H3/b22-20-,28-23-. The third-order valence-electron chi connectivity index (χ3n) is 10.7. The molecule has 0 N–H and O–H groups in total. The summed E-state index contributed by atoms with van der Waals surface area (Å²) >= 11 is 0. The molecule has 0 aliphatic rings. The van der Waals surface area contributed by atoms with Gasteiger partial charge in [-0.05, 0) is 64.2 Å². The first-order chi connectivity index (χ1) is 28.1. The average Bonchev–Trinajstić information content (AvgIpc) is 3.18. The van der Waals surface area contributed by atoms with Crippen molar-refractivity contribution in [2.75, 3.05) is 54.1 Å². The quantitative estimate of drug-likeness (QED) is 0.0198. The number of unbranched alkanes of at least 4 members (excludes halogenated alkanes) is 28. The first kappa shape index (κ1) is 57.0. The number of carbonyl (C=O) groups is 1. The molecule has 0 amide bonds. The third-order valence-corrected chi connectivity index (χ3v) is 11.7. The van der Waals surface area contributed by atoms with Crippen molar-refractivity contribution in [3.63, 3.8) is 0 Å². The molecule has 0 aromatic carbocycles. The fourth-order valence-corrected chi connectivity index (χ4v) is 7.62. The Morgan fingerprint density at radius 1 is 0.517 bits per heavy atom. The van der Waals surface area contributed by atoms with Gasteiger partial charge in [-0.25, -0.2) is 0 Å². The smallest absolute Gasteiger partial charge is 0.306 e. The van der Waals surface area contributed by atoms with Crippen LogP contribution >= 0.6 is 7.82 Å². The van der Waals surface area contributed by atoms with Crippen molar-refractivity contribution in [3.8, 4) is 0 Å². The topological polar surface area (TPSA) is 94.1 Å². The molecular weight excluding hydrogens is 746 g/mol. The molecule has 58 heavy (non-hydrogen) atoms. The van der Waals surface area contributed by atoms with Crippen molar-refractivity contribution in [3.05, 3.63) is 24.3 Å². The van der Waals surface area contributed by atoms with E-state index in [9.17, 15) is 14.3 Å². The largest absolute Gasteiger partial charge is 0.756 e. The van der Waals surface area contributed by atoms with Gasteiger partial charge in [0.05, 0.1) is 34.4 Å². The molecule has 0 aromatic rings. The van der Waals surface area contributed by atoms with Gasteiger partial charge in [0.25, 0.3) is 7.82 Å². The van der Waals surface area contributed by atoms with Gasteiger partial charge in [-0.3, -0.25) is 9.36 Å². The van der Waals surface area contributed by atoms with Crippen molar-refractivity contribution in [2.45, 2.75) is 232 Å². The predicted octanol–water partition coefficient (Wildman–Crippen LogP) is 14.1. The summed E-state index contributed by atoms with van der Waals surface area (Å²) in [5, 5.41) is 0. The summed E-state index contributed by atoms with van der Waals surface area (Å²) in [5.74, 6) is -0.340. The van der Waals surface area contributed by atoms with Gasteiger partial charge in [0.15, 0.2) is 0 Å². The number of ether oxygens (including phenoxy) is 2. The average molecular weight is 842 g/mol. The number of allylic oxidation sites excluding steroid dienone is 4. The number of likely N-dealkylation sites (N-methyl/N-ethyl adjacent to an activating group) is 1. The van der Waals surface area contributed by atoms with E-state index in [4.69, 9.17) is 18.5 Å². The van der Waals surface area contributed by atoms with Crippen molar-refractivity contribution in [2.24, 2.45) is 0 Å². The fourth-order valence-electron chi connectivity index (χ4n) is 6.89. The number of phosphoric ester groups is 1. The number of quaternary nitrogens is 1. The minimum Gasteiger partial charge on any atom is -0.756 e. The Morgan fingerprint density at radius 2 is 0.897 bits per heavy atom. The van der Waals surface area contributed by atoms with Crippen LogP contribution in [-0.2, 0) is 27.9 Å². The maximum absolute atomic E-state index is 12.7. The van der Waals surface area contributed by atoms with Crippen molar-refractivity contribution in [1.29, 1.82) is 0 Å². The molecule has 2 atom stereocenters. The molecule has 0 heterocycles. The summed E-state index contributed by atoms with van der Waals surface area (Å²) in [4.78, 5) is 25.1. The Balaban J connectivity index is 4.16. The fraction of sp³-hybridized carbons (Fsp3) is 0.898. The van der Waals surface area contributed by atoms with E-state index in [0.29, 0.717) is 24.1 Å². The lowest BCUT2D eigenvalue weighted by molar-refractivity contribution is -0.870. The molecule has 0 aliphatic heterocycles. The number of hydrogen-bond donors (Lipinski definition) is 0. The summed E-state index contributed by atoms with van der Waals surface area (Å²) in [6, 6.07) is 0. The molecule has 0 radical (unpaired) electrons. The minimum absolute atomic E-state index is 0.0258. The second-order valence-electron chi connectivity index (χ2n) is 17.8. The van der Waals surface area contributed by atoms with Gasteiger partial charge < -0.3 is 27.9 Å². The molecule has 0 bridgehead atoms.